The molecular weight excluding hydrogens is 376 g/mol. The summed E-state index contributed by atoms with van der Waals surface area (Å²) in [5.41, 5.74) is 2.94. The molecule has 0 aromatic heterocycles. The minimum Gasteiger partial charge on any atom is -0.481 e. The van der Waals surface area contributed by atoms with Crippen molar-refractivity contribution in [2.45, 2.75) is 58.6 Å². The average molecular weight is 409 g/mol. The van der Waals surface area contributed by atoms with Crippen LogP contribution in [-0.4, -0.2) is 35.9 Å². The van der Waals surface area contributed by atoms with E-state index in [1.165, 1.54) is 5.56 Å². The lowest BCUT2D eigenvalue weighted by atomic mass is 9.87. The lowest BCUT2D eigenvalue weighted by molar-refractivity contribution is -0.127. The molecule has 1 heterocycles. The van der Waals surface area contributed by atoms with Crippen molar-refractivity contribution in [1.82, 2.24) is 10.2 Å². The van der Waals surface area contributed by atoms with E-state index in [0.29, 0.717) is 17.9 Å². The van der Waals surface area contributed by atoms with Crippen LogP contribution in [0.1, 0.15) is 62.0 Å². The Labute approximate surface area is 179 Å². The maximum absolute atomic E-state index is 12.4. The van der Waals surface area contributed by atoms with Gasteiger partial charge in [0.05, 0.1) is 0 Å². The molecule has 1 aliphatic rings. The monoisotopic (exact) mass is 408 g/mol. The van der Waals surface area contributed by atoms with Gasteiger partial charge in [0.15, 0.2) is 6.10 Å². The number of hydrogen-bond donors (Lipinski definition) is 1. The Morgan fingerprint density at radius 3 is 2.17 bits per heavy atom. The fourth-order valence-electron chi connectivity index (χ4n) is 3.49. The third-order valence-electron chi connectivity index (χ3n) is 5.46. The molecule has 1 aliphatic heterocycles. The predicted molar refractivity (Wildman–Crippen MR) is 119 cm³/mol. The molecule has 1 unspecified atom stereocenters. The number of carbonyl (C=O) groups excluding carboxylic acids is 2. The van der Waals surface area contributed by atoms with E-state index in [1.807, 2.05) is 53.4 Å². The van der Waals surface area contributed by atoms with Crippen molar-refractivity contribution in [1.29, 1.82) is 0 Å². The van der Waals surface area contributed by atoms with Crippen molar-refractivity contribution >= 4 is 11.8 Å². The number of hydrogen-bond acceptors (Lipinski definition) is 3. The molecule has 1 saturated heterocycles. The fraction of sp³-hybridized carbons (Fsp3) is 0.440. The summed E-state index contributed by atoms with van der Waals surface area (Å²) < 4.78 is 5.78. The number of nitrogens with one attached hydrogen (secondary N) is 1. The zero-order valence-corrected chi connectivity index (χ0v) is 18.4. The smallest absolute Gasteiger partial charge is 0.261 e. The van der Waals surface area contributed by atoms with Crippen LogP contribution in [0.4, 0.5) is 0 Å². The summed E-state index contributed by atoms with van der Waals surface area (Å²) >= 11 is 0. The standard InChI is InChI=1S/C25H32N2O3/c1-18(30-22-13-11-21(12-14-22)25(2,3)4)23(28)26-17-19-7-9-20(10-8-19)24(29)27-15-5-6-16-27/h7-14,18H,5-6,15-17H2,1-4H3,(H,26,28). The number of benzene rings is 2. The minimum atomic E-state index is -0.596. The van der Waals surface area contributed by atoms with Crippen molar-refractivity contribution in [3.63, 3.8) is 0 Å². The van der Waals surface area contributed by atoms with E-state index < -0.39 is 6.10 Å². The molecule has 5 heteroatoms. The normalized spacial score (nSPS) is 15.0. The van der Waals surface area contributed by atoms with Gasteiger partial charge >= 0.3 is 0 Å². The number of likely N-dealkylation sites (tertiary alicyclic amines) is 1. The van der Waals surface area contributed by atoms with E-state index in [1.54, 1.807) is 6.92 Å². The largest absolute Gasteiger partial charge is 0.481 e. The van der Waals surface area contributed by atoms with E-state index in [0.717, 1.165) is 31.5 Å². The Kier molecular flexibility index (Phi) is 6.80. The topological polar surface area (TPSA) is 58.6 Å². The van der Waals surface area contributed by atoms with Crippen LogP contribution in [-0.2, 0) is 16.8 Å². The number of rotatable bonds is 6. The summed E-state index contributed by atoms with van der Waals surface area (Å²) in [4.78, 5) is 26.7. The summed E-state index contributed by atoms with van der Waals surface area (Å²) in [5, 5.41) is 2.90. The first-order valence-electron chi connectivity index (χ1n) is 10.7. The molecule has 0 spiro atoms. The van der Waals surface area contributed by atoms with Crippen LogP contribution >= 0.6 is 0 Å². The predicted octanol–water partition coefficient (Wildman–Crippen LogP) is 4.30. The minimum absolute atomic E-state index is 0.0795. The number of carbonyl (C=O) groups is 2. The van der Waals surface area contributed by atoms with E-state index in [9.17, 15) is 9.59 Å². The highest BCUT2D eigenvalue weighted by Gasteiger charge is 2.19. The molecular formula is C25H32N2O3. The summed E-state index contributed by atoms with van der Waals surface area (Å²) in [6.45, 7) is 10.3. The van der Waals surface area contributed by atoms with Gasteiger partial charge in [-0.3, -0.25) is 9.59 Å². The van der Waals surface area contributed by atoms with Gasteiger partial charge in [0.25, 0.3) is 11.8 Å². The molecule has 0 saturated carbocycles. The second-order valence-electron chi connectivity index (χ2n) is 8.95. The Balaban J connectivity index is 1.49. The molecule has 3 rings (SSSR count). The second kappa shape index (κ2) is 9.33. The van der Waals surface area contributed by atoms with Gasteiger partial charge in [-0.05, 0) is 60.6 Å². The molecule has 1 N–H and O–H groups in total. The summed E-state index contributed by atoms with van der Waals surface area (Å²) in [5.74, 6) is 0.588. The molecule has 30 heavy (non-hydrogen) atoms. The van der Waals surface area contributed by atoms with Gasteiger partial charge in [-0.25, -0.2) is 0 Å². The van der Waals surface area contributed by atoms with Crippen LogP contribution < -0.4 is 10.1 Å². The molecule has 5 nitrogen and oxygen atoms in total. The highest BCUT2D eigenvalue weighted by Crippen LogP contribution is 2.24. The van der Waals surface area contributed by atoms with Crippen LogP contribution in [0, 0.1) is 0 Å². The first-order chi connectivity index (χ1) is 14.2. The molecule has 0 aliphatic carbocycles. The summed E-state index contributed by atoms with van der Waals surface area (Å²) in [6, 6.07) is 15.3. The van der Waals surface area contributed by atoms with Crippen molar-refractivity contribution < 1.29 is 14.3 Å². The van der Waals surface area contributed by atoms with Gasteiger partial charge in [0.1, 0.15) is 5.75 Å². The van der Waals surface area contributed by atoms with E-state index in [4.69, 9.17) is 4.74 Å². The van der Waals surface area contributed by atoms with Crippen molar-refractivity contribution in [2.75, 3.05) is 13.1 Å². The molecule has 0 bridgehead atoms. The van der Waals surface area contributed by atoms with Gasteiger partial charge in [-0.15, -0.1) is 0 Å². The van der Waals surface area contributed by atoms with Crippen LogP contribution in [0.25, 0.3) is 0 Å². The van der Waals surface area contributed by atoms with Crippen molar-refractivity contribution in [2.24, 2.45) is 0 Å². The highest BCUT2D eigenvalue weighted by molar-refractivity contribution is 5.94. The highest BCUT2D eigenvalue weighted by atomic mass is 16.5. The van der Waals surface area contributed by atoms with Gasteiger partial charge in [-0.2, -0.15) is 0 Å². The van der Waals surface area contributed by atoms with Crippen LogP contribution in [0.3, 0.4) is 0 Å². The maximum atomic E-state index is 12.4. The zero-order valence-electron chi connectivity index (χ0n) is 18.4. The Morgan fingerprint density at radius 1 is 1.00 bits per heavy atom. The number of amides is 2. The fourth-order valence-corrected chi connectivity index (χ4v) is 3.49. The van der Waals surface area contributed by atoms with E-state index >= 15 is 0 Å². The number of ether oxygens (including phenoxy) is 1. The van der Waals surface area contributed by atoms with Gasteiger partial charge in [-0.1, -0.05) is 45.0 Å². The van der Waals surface area contributed by atoms with Gasteiger partial charge in [0, 0.05) is 25.2 Å². The maximum Gasteiger partial charge on any atom is 0.261 e. The van der Waals surface area contributed by atoms with Crippen molar-refractivity contribution in [3.05, 3.63) is 65.2 Å². The second-order valence-corrected chi connectivity index (χ2v) is 8.95. The zero-order chi connectivity index (χ0) is 21.7. The first-order valence-corrected chi connectivity index (χ1v) is 10.7. The Hall–Kier alpha value is -2.82. The summed E-state index contributed by atoms with van der Waals surface area (Å²) in [6.07, 6.45) is 1.56. The lowest BCUT2D eigenvalue weighted by Gasteiger charge is -2.20. The van der Waals surface area contributed by atoms with Crippen LogP contribution in [0.5, 0.6) is 5.75 Å². The Morgan fingerprint density at radius 2 is 1.60 bits per heavy atom. The third-order valence-corrected chi connectivity index (χ3v) is 5.46. The van der Waals surface area contributed by atoms with Gasteiger partial charge in [0.2, 0.25) is 0 Å². The number of nitrogens with zero attached hydrogens (tertiary/aromatic N) is 1. The van der Waals surface area contributed by atoms with E-state index in [-0.39, 0.29) is 17.2 Å². The van der Waals surface area contributed by atoms with Crippen LogP contribution in [0.2, 0.25) is 0 Å². The molecule has 2 aromatic carbocycles. The molecule has 160 valence electrons. The molecule has 1 atom stereocenters. The average Bonchev–Trinajstić information content (AvgIpc) is 3.26. The Bertz CT molecular complexity index is 861. The van der Waals surface area contributed by atoms with E-state index in [2.05, 4.69) is 26.1 Å². The van der Waals surface area contributed by atoms with Gasteiger partial charge < -0.3 is 15.0 Å². The lowest BCUT2D eigenvalue weighted by Crippen LogP contribution is -2.35. The first kappa shape index (κ1) is 21.9. The molecule has 0 radical (unpaired) electrons. The van der Waals surface area contributed by atoms with Crippen LogP contribution in [0.15, 0.2) is 48.5 Å². The quantitative estimate of drug-likeness (QED) is 0.775. The summed E-state index contributed by atoms with van der Waals surface area (Å²) in [7, 11) is 0. The van der Waals surface area contributed by atoms with Crippen molar-refractivity contribution in [3.8, 4) is 5.75 Å². The SMILES string of the molecule is CC(Oc1ccc(C(C)(C)C)cc1)C(=O)NCc1ccc(C(=O)N2CCCC2)cc1. The molecule has 1 fully saturated rings. The molecule has 2 amide bonds. The third kappa shape index (κ3) is 5.62. The molecule has 2 aromatic rings.